The monoisotopic (exact) mass is 349 g/mol. The molecule has 0 aliphatic carbocycles. The number of nitrogens with zero attached hydrogens (tertiary/aromatic N) is 5. The zero-order valence-corrected chi connectivity index (χ0v) is 13.5. The molecule has 1 amide bonds. The van der Waals surface area contributed by atoms with Gasteiger partial charge in [-0.15, -0.1) is 0 Å². The summed E-state index contributed by atoms with van der Waals surface area (Å²) in [6, 6.07) is 1.74. The predicted molar refractivity (Wildman–Crippen MR) is 76.9 cm³/mol. The molecule has 2 aromatic heterocycles. The minimum Gasteiger partial charge on any atom is -0.334 e. The normalized spacial score (nSPS) is 11.8. The van der Waals surface area contributed by atoms with Gasteiger partial charge in [0.15, 0.2) is 5.69 Å². The highest BCUT2D eigenvalue weighted by molar-refractivity contribution is 6.34. The van der Waals surface area contributed by atoms with Crippen molar-refractivity contribution in [1.29, 1.82) is 0 Å². The molecule has 10 heteroatoms. The first-order chi connectivity index (χ1) is 10.7. The van der Waals surface area contributed by atoms with Gasteiger partial charge in [-0.1, -0.05) is 11.6 Å². The third-order valence-electron chi connectivity index (χ3n) is 3.31. The first-order valence-corrected chi connectivity index (χ1v) is 7.10. The van der Waals surface area contributed by atoms with Crippen LogP contribution in [0.5, 0.6) is 0 Å². The Hall–Kier alpha value is -2.03. The summed E-state index contributed by atoms with van der Waals surface area (Å²) in [5.41, 5.74) is -0.807. The Morgan fingerprint density at radius 2 is 2.09 bits per heavy atom. The topological polar surface area (TPSA) is 56.0 Å². The molecule has 23 heavy (non-hydrogen) atoms. The van der Waals surface area contributed by atoms with E-state index in [-0.39, 0.29) is 12.2 Å². The predicted octanol–water partition coefficient (Wildman–Crippen LogP) is 2.58. The molecule has 0 saturated carbocycles. The van der Waals surface area contributed by atoms with Crippen molar-refractivity contribution >= 4 is 17.5 Å². The van der Waals surface area contributed by atoms with E-state index in [9.17, 15) is 18.0 Å². The second-order valence-corrected chi connectivity index (χ2v) is 5.31. The Labute approximate surface area is 135 Å². The van der Waals surface area contributed by atoms with E-state index in [1.165, 1.54) is 19.0 Å². The van der Waals surface area contributed by atoms with Crippen LogP contribution in [0.15, 0.2) is 12.3 Å². The number of hydrogen-bond acceptors (Lipinski definition) is 3. The first-order valence-electron chi connectivity index (χ1n) is 6.72. The average molecular weight is 350 g/mol. The molecule has 126 valence electrons. The van der Waals surface area contributed by atoms with Crippen LogP contribution in [0, 0.1) is 0 Å². The highest BCUT2D eigenvalue weighted by Gasteiger charge is 2.40. The third kappa shape index (κ3) is 3.34. The molecule has 0 radical (unpaired) electrons. The summed E-state index contributed by atoms with van der Waals surface area (Å²) in [7, 11) is 2.73. The highest BCUT2D eigenvalue weighted by Crippen LogP contribution is 2.35. The van der Waals surface area contributed by atoms with Crippen LogP contribution in [-0.2, 0) is 26.3 Å². The fourth-order valence-corrected chi connectivity index (χ4v) is 2.53. The third-order valence-corrected chi connectivity index (χ3v) is 3.67. The van der Waals surface area contributed by atoms with Gasteiger partial charge in [-0.3, -0.25) is 14.2 Å². The molecule has 2 heterocycles. The molecule has 6 nitrogen and oxygen atoms in total. The van der Waals surface area contributed by atoms with Crippen molar-refractivity contribution in [3.8, 4) is 0 Å². The smallest absolute Gasteiger partial charge is 0.334 e. The summed E-state index contributed by atoms with van der Waals surface area (Å²) in [4.78, 5) is 13.7. The van der Waals surface area contributed by atoms with Crippen molar-refractivity contribution in [3.05, 3.63) is 34.4 Å². The lowest BCUT2D eigenvalue weighted by molar-refractivity contribution is -0.141. The standard InChI is InChI=1S/C13H15ClF3N5O/c1-4-22-8(5-6-18-22)7-20(2)12(23)10-9(14)11(13(15,16)17)19-21(10)3/h5-6H,4,7H2,1-3H3. The average Bonchev–Trinajstić information content (AvgIpc) is 3.01. The molecular weight excluding hydrogens is 335 g/mol. The molecule has 2 aromatic rings. The fraction of sp³-hybridized carbons (Fsp3) is 0.462. The molecule has 0 fully saturated rings. The number of amides is 1. The Kier molecular flexibility index (Phi) is 4.69. The lowest BCUT2D eigenvalue weighted by Crippen LogP contribution is -2.29. The van der Waals surface area contributed by atoms with Crippen LogP contribution in [-0.4, -0.2) is 37.4 Å². The summed E-state index contributed by atoms with van der Waals surface area (Å²) in [5.74, 6) is -0.649. The maximum absolute atomic E-state index is 12.8. The lowest BCUT2D eigenvalue weighted by Gasteiger charge is -2.18. The Bertz CT molecular complexity index is 722. The maximum atomic E-state index is 12.8. The number of halogens is 4. The summed E-state index contributed by atoms with van der Waals surface area (Å²) in [5, 5.41) is 6.69. The van der Waals surface area contributed by atoms with Crippen LogP contribution in [0.4, 0.5) is 13.2 Å². The summed E-state index contributed by atoms with van der Waals surface area (Å²) < 4.78 is 41.0. The largest absolute Gasteiger partial charge is 0.436 e. The highest BCUT2D eigenvalue weighted by atomic mass is 35.5. The summed E-state index contributed by atoms with van der Waals surface area (Å²) in [6.45, 7) is 2.70. The van der Waals surface area contributed by atoms with Crippen molar-refractivity contribution in [2.24, 2.45) is 7.05 Å². The number of aryl methyl sites for hydroxylation is 2. The number of aromatic nitrogens is 4. The lowest BCUT2D eigenvalue weighted by atomic mass is 10.3. The van der Waals surface area contributed by atoms with Gasteiger partial charge in [0.1, 0.15) is 10.7 Å². The molecule has 2 rings (SSSR count). The fourth-order valence-electron chi connectivity index (χ4n) is 2.19. The SMILES string of the molecule is CCn1nccc1CN(C)C(=O)c1c(Cl)c(C(F)(F)F)nn1C. The quantitative estimate of drug-likeness (QED) is 0.852. The number of rotatable bonds is 4. The van der Waals surface area contributed by atoms with E-state index in [4.69, 9.17) is 11.6 Å². The molecule has 0 aliphatic heterocycles. The molecule has 0 aliphatic rings. The van der Waals surface area contributed by atoms with Crippen molar-refractivity contribution in [2.45, 2.75) is 26.2 Å². The van der Waals surface area contributed by atoms with Crippen molar-refractivity contribution < 1.29 is 18.0 Å². The first kappa shape index (κ1) is 17.3. The van der Waals surface area contributed by atoms with Crippen LogP contribution in [0.3, 0.4) is 0 Å². The van der Waals surface area contributed by atoms with Gasteiger partial charge in [0.05, 0.1) is 12.2 Å². The Morgan fingerprint density at radius 1 is 1.43 bits per heavy atom. The zero-order chi connectivity index (χ0) is 17.4. The van der Waals surface area contributed by atoms with Gasteiger partial charge in [-0.05, 0) is 13.0 Å². The van der Waals surface area contributed by atoms with Crippen LogP contribution < -0.4 is 0 Å². The van der Waals surface area contributed by atoms with Gasteiger partial charge in [0.2, 0.25) is 0 Å². The number of hydrogen-bond donors (Lipinski definition) is 0. The van der Waals surface area contributed by atoms with Gasteiger partial charge >= 0.3 is 6.18 Å². The van der Waals surface area contributed by atoms with Crippen molar-refractivity contribution in [2.75, 3.05) is 7.05 Å². The minimum atomic E-state index is -4.72. The molecule has 0 unspecified atom stereocenters. The van der Waals surface area contributed by atoms with E-state index in [0.717, 1.165) is 10.4 Å². The van der Waals surface area contributed by atoms with E-state index < -0.39 is 22.8 Å². The van der Waals surface area contributed by atoms with E-state index in [1.807, 2.05) is 6.92 Å². The van der Waals surface area contributed by atoms with E-state index in [1.54, 1.807) is 16.9 Å². The van der Waals surface area contributed by atoms with Crippen molar-refractivity contribution in [1.82, 2.24) is 24.5 Å². The van der Waals surface area contributed by atoms with Crippen LogP contribution >= 0.6 is 11.6 Å². The van der Waals surface area contributed by atoms with Gasteiger partial charge in [0.25, 0.3) is 5.91 Å². The van der Waals surface area contributed by atoms with Crippen LogP contribution in [0.2, 0.25) is 5.02 Å². The van der Waals surface area contributed by atoms with Gasteiger partial charge in [-0.2, -0.15) is 23.4 Å². The molecule has 0 saturated heterocycles. The van der Waals surface area contributed by atoms with Gasteiger partial charge in [0, 0.05) is 26.8 Å². The molecule has 0 bridgehead atoms. The van der Waals surface area contributed by atoms with Gasteiger partial charge in [-0.25, -0.2) is 0 Å². The van der Waals surface area contributed by atoms with E-state index in [0.29, 0.717) is 6.54 Å². The Balaban J connectivity index is 2.28. The maximum Gasteiger partial charge on any atom is 0.436 e. The number of carbonyl (C=O) groups is 1. The van der Waals surface area contributed by atoms with E-state index >= 15 is 0 Å². The summed E-state index contributed by atoms with van der Waals surface area (Å²) in [6.07, 6.45) is -3.12. The molecule has 0 atom stereocenters. The Morgan fingerprint density at radius 3 is 2.61 bits per heavy atom. The second kappa shape index (κ2) is 6.23. The van der Waals surface area contributed by atoms with Crippen LogP contribution in [0.25, 0.3) is 0 Å². The van der Waals surface area contributed by atoms with Crippen LogP contribution in [0.1, 0.15) is 28.8 Å². The minimum absolute atomic E-state index is 0.190. The molecule has 0 N–H and O–H groups in total. The molecule has 0 aromatic carbocycles. The molecule has 0 spiro atoms. The summed E-state index contributed by atoms with van der Waals surface area (Å²) >= 11 is 5.73. The van der Waals surface area contributed by atoms with E-state index in [2.05, 4.69) is 10.2 Å². The zero-order valence-electron chi connectivity index (χ0n) is 12.7. The number of carbonyl (C=O) groups excluding carboxylic acids is 1. The molecular formula is C13H15ClF3N5O. The van der Waals surface area contributed by atoms with Crippen molar-refractivity contribution in [3.63, 3.8) is 0 Å². The van der Waals surface area contributed by atoms with Gasteiger partial charge < -0.3 is 4.90 Å². The number of alkyl halides is 3. The second-order valence-electron chi connectivity index (χ2n) is 4.93.